The number of guanidine groups is 1. The first-order chi connectivity index (χ1) is 13.8. The number of aromatic nitrogens is 3. The average molecular weight is 372 g/mol. The standard InChI is InChI=1S/C22H24N6/c1-23-22(25-15-20-13-17-7-4-5-10-21(17)27-20)24-14-18-8-2-3-9-19(18)16-28-12-6-11-26-28/h2-13,27H,14-16H2,1H3,(H2,23,24,25). The second-order valence-corrected chi connectivity index (χ2v) is 6.63. The van der Waals surface area contributed by atoms with Crippen LogP contribution in [-0.4, -0.2) is 27.8 Å². The Hall–Kier alpha value is -3.54. The van der Waals surface area contributed by atoms with Gasteiger partial charge < -0.3 is 15.6 Å². The van der Waals surface area contributed by atoms with Crippen molar-refractivity contribution in [3.63, 3.8) is 0 Å². The summed E-state index contributed by atoms with van der Waals surface area (Å²) in [6.45, 7) is 2.14. The number of nitrogens with zero attached hydrogens (tertiary/aromatic N) is 3. The number of aromatic amines is 1. The topological polar surface area (TPSA) is 70.0 Å². The molecule has 0 saturated heterocycles. The Bertz CT molecular complexity index is 1030. The van der Waals surface area contributed by atoms with E-state index in [9.17, 15) is 0 Å². The van der Waals surface area contributed by atoms with Crippen molar-refractivity contribution in [2.24, 2.45) is 4.99 Å². The fourth-order valence-corrected chi connectivity index (χ4v) is 3.26. The first-order valence-electron chi connectivity index (χ1n) is 9.37. The number of hydrogen-bond acceptors (Lipinski definition) is 2. The molecule has 2 heterocycles. The Kier molecular flexibility index (Phi) is 5.38. The molecule has 0 amide bonds. The lowest BCUT2D eigenvalue weighted by Gasteiger charge is -2.14. The van der Waals surface area contributed by atoms with Crippen molar-refractivity contribution in [2.75, 3.05) is 7.05 Å². The van der Waals surface area contributed by atoms with E-state index in [1.165, 1.54) is 16.5 Å². The summed E-state index contributed by atoms with van der Waals surface area (Å²) >= 11 is 0. The summed E-state index contributed by atoms with van der Waals surface area (Å²) in [6, 6.07) is 20.8. The second kappa shape index (κ2) is 8.43. The number of fused-ring (bicyclic) bond motifs is 1. The second-order valence-electron chi connectivity index (χ2n) is 6.63. The van der Waals surface area contributed by atoms with Crippen LogP contribution in [0.2, 0.25) is 0 Å². The lowest BCUT2D eigenvalue weighted by molar-refractivity contribution is 0.677. The quantitative estimate of drug-likeness (QED) is 0.359. The highest BCUT2D eigenvalue weighted by Crippen LogP contribution is 2.14. The molecule has 0 bridgehead atoms. The van der Waals surface area contributed by atoms with E-state index in [0.717, 1.165) is 23.7 Å². The van der Waals surface area contributed by atoms with Crippen LogP contribution in [0.25, 0.3) is 10.9 Å². The highest BCUT2D eigenvalue weighted by atomic mass is 15.3. The van der Waals surface area contributed by atoms with E-state index in [4.69, 9.17) is 0 Å². The molecule has 3 N–H and O–H groups in total. The summed E-state index contributed by atoms with van der Waals surface area (Å²) in [5, 5.41) is 12.3. The lowest BCUT2D eigenvalue weighted by atomic mass is 10.1. The predicted molar refractivity (Wildman–Crippen MR) is 113 cm³/mol. The molecule has 2 aromatic heterocycles. The molecule has 0 spiro atoms. The Balaban J connectivity index is 1.37. The van der Waals surface area contributed by atoms with Crippen LogP contribution in [0.4, 0.5) is 0 Å². The number of hydrogen-bond donors (Lipinski definition) is 3. The summed E-state index contributed by atoms with van der Waals surface area (Å²) in [6.07, 6.45) is 3.78. The number of rotatable bonds is 6. The van der Waals surface area contributed by atoms with Crippen molar-refractivity contribution in [3.05, 3.63) is 89.9 Å². The molecule has 4 aromatic rings. The van der Waals surface area contributed by atoms with E-state index in [0.29, 0.717) is 13.1 Å². The molecule has 0 unspecified atom stereocenters. The number of aliphatic imine (C=N–C) groups is 1. The maximum absolute atomic E-state index is 4.34. The highest BCUT2D eigenvalue weighted by Gasteiger charge is 2.06. The van der Waals surface area contributed by atoms with Gasteiger partial charge in [0.05, 0.1) is 13.1 Å². The van der Waals surface area contributed by atoms with Crippen LogP contribution < -0.4 is 10.6 Å². The summed E-state index contributed by atoms with van der Waals surface area (Å²) in [5.41, 5.74) is 4.74. The molecule has 6 nitrogen and oxygen atoms in total. The molecule has 2 aromatic carbocycles. The van der Waals surface area contributed by atoms with Gasteiger partial charge in [-0.15, -0.1) is 0 Å². The third kappa shape index (κ3) is 4.23. The van der Waals surface area contributed by atoms with E-state index < -0.39 is 0 Å². The Morgan fingerprint density at radius 1 is 1.00 bits per heavy atom. The van der Waals surface area contributed by atoms with Crippen molar-refractivity contribution < 1.29 is 0 Å². The summed E-state index contributed by atoms with van der Waals surface area (Å²) in [5.74, 6) is 0.771. The zero-order chi connectivity index (χ0) is 19.2. The van der Waals surface area contributed by atoms with E-state index in [1.807, 2.05) is 23.0 Å². The number of benzene rings is 2. The lowest BCUT2D eigenvalue weighted by Crippen LogP contribution is -2.36. The van der Waals surface area contributed by atoms with Gasteiger partial charge in [-0.1, -0.05) is 42.5 Å². The minimum atomic E-state index is 0.684. The number of para-hydroxylation sites is 1. The maximum atomic E-state index is 4.34. The zero-order valence-electron chi connectivity index (χ0n) is 15.9. The van der Waals surface area contributed by atoms with Crippen molar-refractivity contribution in [1.82, 2.24) is 25.4 Å². The Morgan fingerprint density at radius 2 is 1.79 bits per heavy atom. The monoisotopic (exact) mass is 372 g/mol. The van der Waals surface area contributed by atoms with Crippen molar-refractivity contribution in [3.8, 4) is 0 Å². The molecular formula is C22H24N6. The molecule has 0 atom stereocenters. The minimum Gasteiger partial charge on any atom is -0.357 e. The maximum Gasteiger partial charge on any atom is 0.191 e. The van der Waals surface area contributed by atoms with Crippen molar-refractivity contribution in [1.29, 1.82) is 0 Å². The highest BCUT2D eigenvalue weighted by molar-refractivity contribution is 5.81. The van der Waals surface area contributed by atoms with Crippen LogP contribution in [0.3, 0.4) is 0 Å². The normalized spacial score (nSPS) is 11.7. The van der Waals surface area contributed by atoms with Gasteiger partial charge in [-0.2, -0.15) is 5.10 Å². The van der Waals surface area contributed by atoms with Gasteiger partial charge in [-0.25, -0.2) is 0 Å². The Morgan fingerprint density at radius 3 is 2.57 bits per heavy atom. The summed E-state index contributed by atoms with van der Waals surface area (Å²) in [4.78, 5) is 7.77. The van der Waals surface area contributed by atoms with Gasteiger partial charge in [0.25, 0.3) is 0 Å². The molecule has 142 valence electrons. The minimum absolute atomic E-state index is 0.684. The molecule has 0 saturated carbocycles. The SMILES string of the molecule is CN=C(NCc1cc2ccccc2[nH]1)NCc1ccccc1Cn1cccn1. The van der Waals surface area contributed by atoms with E-state index in [2.05, 4.69) is 74.2 Å². The molecule has 4 rings (SSSR count). The molecule has 0 aliphatic heterocycles. The van der Waals surface area contributed by atoms with Gasteiger partial charge in [-0.05, 0) is 34.7 Å². The summed E-state index contributed by atoms with van der Waals surface area (Å²) < 4.78 is 1.93. The largest absolute Gasteiger partial charge is 0.357 e. The third-order valence-electron chi connectivity index (χ3n) is 4.71. The number of H-pyrrole nitrogens is 1. The van der Waals surface area contributed by atoms with Gasteiger partial charge in [0.2, 0.25) is 0 Å². The first-order valence-corrected chi connectivity index (χ1v) is 9.37. The smallest absolute Gasteiger partial charge is 0.191 e. The van der Waals surface area contributed by atoms with Crippen molar-refractivity contribution in [2.45, 2.75) is 19.6 Å². The summed E-state index contributed by atoms with van der Waals surface area (Å²) in [7, 11) is 1.79. The van der Waals surface area contributed by atoms with Crippen molar-refractivity contribution >= 4 is 16.9 Å². The van der Waals surface area contributed by atoms with Gasteiger partial charge in [0, 0.05) is 37.2 Å². The molecule has 6 heteroatoms. The average Bonchev–Trinajstić information content (AvgIpc) is 3.38. The molecular weight excluding hydrogens is 348 g/mol. The van der Waals surface area contributed by atoms with E-state index >= 15 is 0 Å². The van der Waals surface area contributed by atoms with Gasteiger partial charge in [0.1, 0.15) is 0 Å². The van der Waals surface area contributed by atoms with E-state index in [-0.39, 0.29) is 0 Å². The van der Waals surface area contributed by atoms with E-state index in [1.54, 1.807) is 13.2 Å². The number of nitrogens with one attached hydrogen (secondary N) is 3. The van der Waals surface area contributed by atoms with Crippen LogP contribution in [0.5, 0.6) is 0 Å². The molecule has 0 aliphatic rings. The van der Waals surface area contributed by atoms with Crippen LogP contribution >= 0.6 is 0 Å². The molecule has 28 heavy (non-hydrogen) atoms. The van der Waals surface area contributed by atoms with Crippen LogP contribution in [0, 0.1) is 0 Å². The molecule has 0 fully saturated rings. The van der Waals surface area contributed by atoms with Gasteiger partial charge in [-0.3, -0.25) is 9.67 Å². The van der Waals surface area contributed by atoms with Gasteiger partial charge in [0.15, 0.2) is 5.96 Å². The molecule has 0 aliphatic carbocycles. The third-order valence-corrected chi connectivity index (χ3v) is 4.71. The predicted octanol–water partition coefficient (Wildman–Crippen LogP) is 3.28. The zero-order valence-corrected chi connectivity index (χ0v) is 15.9. The van der Waals surface area contributed by atoms with Crippen LogP contribution in [0.15, 0.2) is 78.0 Å². The van der Waals surface area contributed by atoms with Gasteiger partial charge >= 0.3 is 0 Å². The molecule has 0 radical (unpaired) electrons. The fraction of sp³-hybridized carbons (Fsp3) is 0.182. The Labute approximate surface area is 164 Å². The first kappa shape index (κ1) is 17.9. The van der Waals surface area contributed by atoms with Crippen LogP contribution in [0.1, 0.15) is 16.8 Å². The fourth-order valence-electron chi connectivity index (χ4n) is 3.26. The van der Waals surface area contributed by atoms with Crippen LogP contribution in [-0.2, 0) is 19.6 Å².